The van der Waals surface area contributed by atoms with Gasteiger partial charge in [0.1, 0.15) is 30.6 Å². The molecule has 0 aliphatic heterocycles. The Morgan fingerprint density at radius 2 is 2.32 bits per heavy atom. The topological polar surface area (TPSA) is 134 Å². The van der Waals surface area contributed by atoms with Crippen molar-refractivity contribution >= 4 is 5.91 Å². The first-order chi connectivity index (χ1) is 12.2. The van der Waals surface area contributed by atoms with Gasteiger partial charge in [-0.1, -0.05) is 0 Å². The predicted molar refractivity (Wildman–Crippen MR) is 85.8 cm³/mol. The number of hydrogen-bond donors (Lipinski definition) is 3. The largest absolute Gasteiger partial charge is 0.349 e. The number of rotatable bonds is 4. The molecule has 1 atom stereocenters. The Bertz CT molecular complexity index is 943. The van der Waals surface area contributed by atoms with Crippen molar-refractivity contribution in [3.8, 4) is 0 Å². The van der Waals surface area contributed by atoms with Gasteiger partial charge in [0.25, 0.3) is 11.5 Å². The molecule has 0 aromatic carbocycles. The summed E-state index contributed by atoms with van der Waals surface area (Å²) in [4.78, 5) is 35.2. The standard InChI is InChI=1S/C15H16N8O2/c24-14(20-10-1-2-12-9(3-10)4-18-22-12)11-5-17-13(21-15(11)25)6-23-8-16-7-19-23/h4-5,7-8,10H,1-3,6H2,(H,18,22)(H,20,24)(H,17,21,25)/t10-/m0/s1. The van der Waals surface area contributed by atoms with E-state index in [4.69, 9.17) is 0 Å². The Kier molecular flexibility index (Phi) is 3.84. The van der Waals surface area contributed by atoms with E-state index in [1.165, 1.54) is 23.5 Å². The van der Waals surface area contributed by atoms with Crippen molar-refractivity contribution in [2.45, 2.75) is 31.8 Å². The molecule has 4 rings (SSSR count). The van der Waals surface area contributed by atoms with Crippen molar-refractivity contribution in [3.05, 3.63) is 58.0 Å². The number of carbonyl (C=O) groups excluding carboxylic acids is 1. The van der Waals surface area contributed by atoms with E-state index in [9.17, 15) is 9.59 Å². The first-order valence-corrected chi connectivity index (χ1v) is 7.91. The van der Waals surface area contributed by atoms with Gasteiger partial charge in [0.15, 0.2) is 0 Å². The minimum absolute atomic E-state index is 0.000306. The highest BCUT2D eigenvalue weighted by molar-refractivity contribution is 5.93. The number of H-pyrrole nitrogens is 2. The minimum atomic E-state index is -0.470. The first-order valence-electron chi connectivity index (χ1n) is 7.91. The molecule has 25 heavy (non-hydrogen) atoms. The van der Waals surface area contributed by atoms with E-state index in [-0.39, 0.29) is 18.2 Å². The van der Waals surface area contributed by atoms with E-state index >= 15 is 0 Å². The number of aryl methyl sites for hydroxylation is 1. The van der Waals surface area contributed by atoms with Gasteiger partial charge < -0.3 is 10.3 Å². The molecule has 3 N–H and O–H groups in total. The Labute approximate surface area is 141 Å². The van der Waals surface area contributed by atoms with Crippen LogP contribution in [0.3, 0.4) is 0 Å². The zero-order valence-electron chi connectivity index (χ0n) is 13.3. The van der Waals surface area contributed by atoms with Gasteiger partial charge in [0.2, 0.25) is 0 Å². The van der Waals surface area contributed by atoms with Crippen LogP contribution in [0.25, 0.3) is 0 Å². The van der Waals surface area contributed by atoms with Gasteiger partial charge in [0, 0.05) is 17.9 Å². The summed E-state index contributed by atoms with van der Waals surface area (Å²) in [6.07, 6.45) is 8.33. The highest BCUT2D eigenvalue weighted by Gasteiger charge is 2.23. The van der Waals surface area contributed by atoms with Gasteiger partial charge in [-0.05, 0) is 24.8 Å². The average molecular weight is 340 g/mol. The van der Waals surface area contributed by atoms with E-state index in [1.807, 2.05) is 0 Å². The SMILES string of the molecule is O=C(N[C@H]1CCc2[nH]ncc2C1)c1cnc(Cn2cncn2)[nH]c1=O. The molecule has 0 radical (unpaired) electrons. The van der Waals surface area contributed by atoms with E-state index in [0.717, 1.165) is 24.1 Å². The smallest absolute Gasteiger partial charge is 0.263 e. The maximum atomic E-state index is 12.4. The summed E-state index contributed by atoms with van der Waals surface area (Å²) in [6.45, 7) is 0.281. The molecule has 10 nitrogen and oxygen atoms in total. The maximum absolute atomic E-state index is 12.4. The van der Waals surface area contributed by atoms with Crippen LogP contribution in [-0.4, -0.2) is 46.9 Å². The quantitative estimate of drug-likeness (QED) is 0.582. The lowest BCUT2D eigenvalue weighted by atomic mass is 9.93. The van der Waals surface area contributed by atoms with Crippen LogP contribution < -0.4 is 10.9 Å². The minimum Gasteiger partial charge on any atom is -0.349 e. The summed E-state index contributed by atoms with van der Waals surface area (Å²) in [5, 5.41) is 13.8. The van der Waals surface area contributed by atoms with E-state index < -0.39 is 11.5 Å². The molecule has 0 saturated heterocycles. The van der Waals surface area contributed by atoms with Crippen LogP contribution in [0.1, 0.15) is 33.9 Å². The zero-order chi connectivity index (χ0) is 17.2. The number of nitrogens with one attached hydrogen (secondary N) is 3. The number of aromatic nitrogens is 7. The highest BCUT2D eigenvalue weighted by atomic mass is 16.2. The van der Waals surface area contributed by atoms with Crippen LogP contribution in [0.5, 0.6) is 0 Å². The molecule has 0 spiro atoms. The molecule has 0 saturated carbocycles. The molecule has 1 aliphatic rings. The third kappa shape index (κ3) is 3.18. The van der Waals surface area contributed by atoms with Gasteiger partial charge in [-0.3, -0.25) is 14.7 Å². The van der Waals surface area contributed by atoms with Crippen molar-refractivity contribution in [2.24, 2.45) is 0 Å². The molecule has 3 heterocycles. The Morgan fingerprint density at radius 1 is 1.40 bits per heavy atom. The van der Waals surface area contributed by atoms with E-state index in [1.54, 1.807) is 6.20 Å². The number of carbonyl (C=O) groups is 1. The molecule has 0 fully saturated rings. The molecule has 10 heteroatoms. The summed E-state index contributed by atoms with van der Waals surface area (Å²) in [6, 6.07) is -0.0215. The number of hydrogen-bond acceptors (Lipinski definition) is 6. The third-order valence-corrected chi connectivity index (χ3v) is 4.23. The molecular weight excluding hydrogens is 324 g/mol. The molecule has 1 amide bonds. The van der Waals surface area contributed by atoms with E-state index in [0.29, 0.717) is 12.2 Å². The maximum Gasteiger partial charge on any atom is 0.263 e. The molecule has 0 bridgehead atoms. The lowest BCUT2D eigenvalue weighted by molar-refractivity contribution is 0.0931. The third-order valence-electron chi connectivity index (χ3n) is 4.23. The summed E-state index contributed by atoms with van der Waals surface area (Å²) in [5.74, 6) is -0.00856. The number of amides is 1. The monoisotopic (exact) mass is 340 g/mol. The van der Waals surface area contributed by atoms with Gasteiger partial charge in [-0.25, -0.2) is 14.6 Å². The Hall–Kier alpha value is -3.30. The van der Waals surface area contributed by atoms with Crippen LogP contribution in [0.15, 0.2) is 29.8 Å². The van der Waals surface area contributed by atoms with Crippen molar-refractivity contribution < 1.29 is 4.79 Å². The van der Waals surface area contributed by atoms with Crippen LogP contribution >= 0.6 is 0 Å². The van der Waals surface area contributed by atoms with Crippen molar-refractivity contribution in [1.82, 2.24) is 40.2 Å². The Morgan fingerprint density at radius 3 is 3.12 bits per heavy atom. The fourth-order valence-electron chi connectivity index (χ4n) is 2.94. The zero-order valence-corrected chi connectivity index (χ0v) is 13.3. The van der Waals surface area contributed by atoms with Crippen LogP contribution in [-0.2, 0) is 19.4 Å². The second kappa shape index (κ2) is 6.30. The van der Waals surface area contributed by atoms with Gasteiger partial charge >= 0.3 is 0 Å². The molecular formula is C15H16N8O2. The van der Waals surface area contributed by atoms with Crippen molar-refractivity contribution in [2.75, 3.05) is 0 Å². The normalized spacial score (nSPS) is 16.4. The summed E-state index contributed by atoms with van der Waals surface area (Å²) < 4.78 is 1.53. The average Bonchev–Trinajstić information content (AvgIpc) is 3.25. The fourth-order valence-corrected chi connectivity index (χ4v) is 2.94. The first kappa shape index (κ1) is 15.2. The lowest BCUT2D eigenvalue weighted by Crippen LogP contribution is -2.41. The molecule has 0 unspecified atom stereocenters. The number of aromatic amines is 2. The molecule has 3 aromatic rings. The molecule has 3 aromatic heterocycles. The predicted octanol–water partition coefficient (Wildman–Crippen LogP) is -0.580. The van der Waals surface area contributed by atoms with Crippen molar-refractivity contribution in [3.63, 3.8) is 0 Å². The molecule has 128 valence electrons. The summed E-state index contributed by atoms with van der Waals surface area (Å²) in [5.41, 5.74) is 1.75. The number of fused-ring (bicyclic) bond motifs is 1. The van der Waals surface area contributed by atoms with Gasteiger partial charge in [-0.15, -0.1) is 0 Å². The fraction of sp³-hybridized carbons (Fsp3) is 0.333. The second-order valence-electron chi connectivity index (χ2n) is 5.95. The summed E-state index contributed by atoms with van der Waals surface area (Å²) in [7, 11) is 0. The number of nitrogens with zero attached hydrogens (tertiary/aromatic N) is 5. The van der Waals surface area contributed by atoms with Gasteiger partial charge in [-0.2, -0.15) is 10.2 Å². The Balaban J connectivity index is 1.44. The van der Waals surface area contributed by atoms with Crippen LogP contribution in [0.2, 0.25) is 0 Å². The van der Waals surface area contributed by atoms with Crippen LogP contribution in [0.4, 0.5) is 0 Å². The van der Waals surface area contributed by atoms with Gasteiger partial charge in [0.05, 0.1) is 6.20 Å². The van der Waals surface area contributed by atoms with Crippen molar-refractivity contribution in [1.29, 1.82) is 0 Å². The summed E-state index contributed by atoms with van der Waals surface area (Å²) >= 11 is 0. The molecule has 1 aliphatic carbocycles. The lowest BCUT2D eigenvalue weighted by Gasteiger charge is -2.22. The van der Waals surface area contributed by atoms with Crippen LogP contribution in [0, 0.1) is 0 Å². The van der Waals surface area contributed by atoms with E-state index in [2.05, 4.69) is 35.6 Å². The highest BCUT2D eigenvalue weighted by Crippen LogP contribution is 2.18. The second-order valence-corrected chi connectivity index (χ2v) is 5.95.